The van der Waals surface area contributed by atoms with Gasteiger partial charge in [0, 0.05) is 27.2 Å². The van der Waals surface area contributed by atoms with Gasteiger partial charge in [-0.3, -0.25) is 4.79 Å². The fourth-order valence-corrected chi connectivity index (χ4v) is 7.47. The molecule has 31 heavy (non-hydrogen) atoms. The summed E-state index contributed by atoms with van der Waals surface area (Å²) in [5.41, 5.74) is 3.85. The van der Waals surface area contributed by atoms with E-state index >= 15 is 0 Å². The van der Waals surface area contributed by atoms with E-state index < -0.39 is 0 Å². The molecular weight excluding hydrogens is 424 g/mol. The molecule has 1 N–H and O–H groups in total. The van der Waals surface area contributed by atoms with Crippen LogP contribution in [0.25, 0.3) is 21.8 Å². The van der Waals surface area contributed by atoms with Crippen LogP contribution in [-0.2, 0) is 4.79 Å². The summed E-state index contributed by atoms with van der Waals surface area (Å²) in [6, 6.07) is 15.9. The van der Waals surface area contributed by atoms with Gasteiger partial charge in [-0.1, -0.05) is 35.9 Å². The van der Waals surface area contributed by atoms with Gasteiger partial charge in [0.15, 0.2) is 0 Å². The highest BCUT2D eigenvalue weighted by Gasteiger charge is 2.54. The zero-order valence-corrected chi connectivity index (χ0v) is 18.9. The zero-order valence-electron chi connectivity index (χ0n) is 17.3. The third kappa shape index (κ3) is 3.60. The number of rotatable bonds is 4. The van der Waals surface area contributed by atoms with Crippen LogP contribution < -0.4 is 5.32 Å². The Morgan fingerprint density at radius 3 is 2.10 bits per heavy atom. The summed E-state index contributed by atoms with van der Waals surface area (Å²) in [7, 11) is 0. The van der Waals surface area contributed by atoms with Crippen molar-refractivity contribution in [3.63, 3.8) is 0 Å². The summed E-state index contributed by atoms with van der Waals surface area (Å²) >= 11 is 7.62. The number of hydrogen-bond donors (Lipinski definition) is 1. The van der Waals surface area contributed by atoms with Gasteiger partial charge in [0.05, 0.1) is 11.1 Å². The predicted octanol–water partition coefficient (Wildman–Crippen LogP) is 7.29. The second-order valence-corrected chi connectivity index (χ2v) is 11.1. The summed E-state index contributed by atoms with van der Waals surface area (Å²) in [6.07, 6.45) is 7.34. The molecule has 0 radical (unpaired) electrons. The predicted molar refractivity (Wildman–Crippen MR) is 127 cm³/mol. The second-order valence-electron chi connectivity index (χ2n) is 9.77. The van der Waals surface area contributed by atoms with Crippen molar-refractivity contribution >= 4 is 34.5 Å². The van der Waals surface area contributed by atoms with Crippen molar-refractivity contribution < 1.29 is 4.79 Å². The minimum atomic E-state index is -0.115. The number of thiazole rings is 1. The van der Waals surface area contributed by atoms with Crippen molar-refractivity contribution in [2.24, 2.45) is 23.2 Å². The van der Waals surface area contributed by atoms with Crippen molar-refractivity contribution in [2.75, 3.05) is 5.32 Å². The molecule has 4 aliphatic rings. The molecule has 0 saturated heterocycles. The van der Waals surface area contributed by atoms with Crippen molar-refractivity contribution in [3.05, 3.63) is 58.9 Å². The fraction of sp³-hybridized carbons (Fsp3) is 0.385. The first-order valence-corrected chi connectivity index (χ1v) is 12.5. The molecule has 0 atom stereocenters. The SMILES string of the molecule is O=C(Nc1ccc(-c2csc(-c3ccc(Cl)cc3)n2)cc1)C12CC3CC(CC(C3)C1)C2. The Morgan fingerprint density at radius 1 is 0.903 bits per heavy atom. The standard InChI is InChI=1S/C26H25ClN2OS/c27-21-5-1-20(2-6-21)24-29-23(15-31-24)19-3-7-22(8-4-19)28-25(30)26-12-16-9-17(13-26)11-18(10-16)14-26/h1-8,15-18H,9-14H2,(H,28,30). The number of halogens is 1. The van der Waals surface area contributed by atoms with E-state index in [1.165, 1.54) is 19.3 Å². The lowest BCUT2D eigenvalue weighted by Crippen LogP contribution is -2.51. The van der Waals surface area contributed by atoms with Gasteiger partial charge in [0.1, 0.15) is 5.01 Å². The number of nitrogens with one attached hydrogen (secondary N) is 1. The average molecular weight is 449 g/mol. The Hall–Kier alpha value is -2.17. The molecule has 0 spiro atoms. The molecular formula is C26H25ClN2OS. The molecule has 4 fully saturated rings. The van der Waals surface area contributed by atoms with Crippen LogP contribution in [0.4, 0.5) is 5.69 Å². The van der Waals surface area contributed by atoms with Gasteiger partial charge in [-0.15, -0.1) is 11.3 Å². The maximum Gasteiger partial charge on any atom is 0.230 e. The van der Waals surface area contributed by atoms with Crippen LogP contribution in [0.3, 0.4) is 0 Å². The molecule has 4 aliphatic carbocycles. The topological polar surface area (TPSA) is 42.0 Å². The number of carbonyl (C=O) groups is 1. The van der Waals surface area contributed by atoms with Crippen molar-refractivity contribution in [2.45, 2.75) is 38.5 Å². The lowest BCUT2D eigenvalue weighted by Gasteiger charge is -2.55. The minimum absolute atomic E-state index is 0.115. The van der Waals surface area contributed by atoms with Gasteiger partial charge in [-0.25, -0.2) is 4.98 Å². The molecule has 7 rings (SSSR count). The number of anilines is 1. The summed E-state index contributed by atoms with van der Waals surface area (Å²) in [6.45, 7) is 0. The van der Waals surface area contributed by atoms with Crippen LogP contribution in [0, 0.1) is 23.2 Å². The number of carbonyl (C=O) groups excluding carboxylic acids is 1. The summed E-state index contributed by atoms with van der Waals surface area (Å²) in [4.78, 5) is 18.1. The van der Waals surface area contributed by atoms with Crippen LogP contribution in [0.1, 0.15) is 38.5 Å². The molecule has 0 aliphatic heterocycles. The van der Waals surface area contributed by atoms with Crippen LogP contribution >= 0.6 is 22.9 Å². The van der Waals surface area contributed by atoms with Crippen molar-refractivity contribution in [1.82, 2.24) is 4.98 Å². The number of benzene rings is 2. The molecule has 0 unspecified atom stereocenters. The van der Waals surface area contributed by atoms with Gasteiger partial charge in [-0.05, 0) is 80.5 Å². The summed E-state index contributed by atoms with van der Waals surface area (Å²) < 4.78 is 0. The van der Waals surface area contributed by atoms with E-state index in [0.29, 0.717) is 0 Å². The van der Waals surface area contributed by atoms with Gasteiger partial charge in [-0.2, -0.15) is 0 Å². The Kier molecular flexibility index (Phi) is 4.69. The first-order valence-electron chi connectivity index (χ1n) is 11.2. The molecule has 2 aromatic carbocycles. The highest BCUT2D eigenvalue weighted by Crippen LogP contribution is 2.60. The summed E-state index contributed by atoms with van der Waals surface area (Å²) in [5.74, 6) is 2.58. The van der Waals surface area contributed by atoms with E-state index in [9.17, 15) is 4.79 Å². The van der Waals surface area contributed by atoms with E-state index in [0.717, 1.165) is 69.6 Å². The lowest BCUT2D eigenvalue weighted by atomic mass is 9.49. The van der Waals surface area contributed by atoms with Gasteiger partial charge in [0.25, 0.3) is 0 Å². The van der Waals surface area contributed by atoms with Crippen LogP contribution in [0.15, 0.2) is 53.9 Å². The largest absolute Gasteiger partial charge is 0.326 e. The zero-order chi connectivity index (χ0) is 21.0. The van der Waals surface area contributed by atoms with Crippen LogP contribution in [-0.4, -0.2) is 10.9 Å². The maximum atomic E-state index is 13.3. The minimum Gasteiger partial charge on any atom is -0.326 e. The van der Waals surface area contributed by atoms with E-state index in [1.807, 2.05) is 36.4 Å². The monoisotopic (exact) mass is 448 g/mol. The van der Waals surface area contributed by atoms with Crippen LogP contribution in [0.2, 0.25) is 5.02 Å². The molecule has 5 heteroatoms. The smallest absolute Gasteiger partial charge is 0.230 e. The van der Waals surface area contributed by atoms with Crippen molar-refractivity contribution in [3.8, 4) is 21.8 Å². The van der Waals surface area contributed by atoms with Crippen LogP contribution in [0.5, 0.6) is 0 Å². The Labute approximate surface area is 191 Å². The lowest BCUT2D eigenvalue weighted by molar-refractivity contribution is -0.140. The average Bonchev–Trinajstić information content (AvgIpc) is 3.24. The molecule has 3 aromatic rings. The Balaban J connectivity index is 1.17. The van der Waals surface area contributed by atoms with E-state index in [1.54, 1.807) is 11.3 Å². The van der Waals surface area contributed by atoms with E-state index in [4.69, 9.17) is 16.6 Å². The first kappa shape index (κ1) is 19.5. The Bertz CT molecular complexity index is 1080. The van der Waals surface area contributed by atoms with Crippen molar-refractivity contribution in [1.29, 1.82) is 0 Å². The molecule has 1 amide bonds. The quantitative estimate of drug-likeness (QED) is 0.455. The highest BCUT2D eigenvalue weighted by molar-refractivity contribution is 7.13. The molecule has 3 nitrogen and oxygen atoms in total. The Morgan fingerprint density at radius 2 is 1.48 bits per heavy atom. The number of hydrogen-bond acceptors (Lipinski definition) is 3. The second kappa shape index (κ2) is 7.46. The van der Waals surface area contributed by atoms with Gasteiger partial charge < -0.3 is 5.32 Å². The highest BCUT2D eigenvalue weighted by atomic mass is 35.5. The molecule has 158 valence electrons. The molecule has 1 heterocycles. The van der Waals surface area contributed by atoms with E-state index in [-0.39, 0.29) is 11.3 Å². The number of nitrogens with zero attached hydrogens (tertiary/aromatic N) is 1. The van der Waals surface area contributed by atoms with Gasteiger partial charge >= 0.3 is 0 Å². The first-order chi connectivity index (χ1) is 15.1. The van der Waals surface area contributed by atoms with Gasteiger partial charge in [0.2, 0.25) is 5.91 Å². The molecule has 1 aromatic heterocycles. The number of amides is 1. The normalized spacial score (nSPS) is 28.6. The third-order valence-corrected chi connectivity index (χ3v) is 8.70. The number of aromatic nitrogens is 1. The molecule has 4 bridgehead atoms. The summed E-state index contributed by atoms with van der Waals surface area (Å²) in [5, 5.41) is 7.03. The fourth-order valence-electron chi connectivity index (χ4n) is 6.51. The van der Waals surface area contributed by atoms with E-state index in [2.05, 4.69) is 22.8 Å². The maximum absolute atomic E-state index is 13.3. The molecule has 4 saturated carbocycles. The third-order valence-electron chi connectivity index (χ3n) is 7.55.